The summed E-state index contributed by atoms with van der Waals surface area (Å²) in [5.41, 5.74) is 0.376. The second-order valence-electron chi connectivity index (χ2n) is 6.56. The number of halogens is 3. The van der Waals surface area contributed by atoms with E-state index in [1.165, 1.54) is 0 Å². The smallest absolute Gasteiger partial charge is 0.316 e. The average Bonchev–Trinajstić information content (AvgIpc) is 2.26. The molecule has 0 bridgehead atoms. The predicted molar refractivity (Wildman–Crippen MR) is 76.6 cm³/mol. The normalized spacial score (nSPS) is 13.0. The molecule has 0 saturated heterocycles. The first-order valence-electron chi connectivity index (χ1n) is 6.97. The van der Waals surface area contributed by atoms with Crippen LogP contribution in [0.4, 0.5) is 13.2 Å². The lowest BCUT2D eigenvalue weighted by Gasteiger charge is -2.26. The first kappa shape index (κ1) is 17.0. The van der Waals surface area contributed by atoms with Gasteiger partial charge in [0, 0.05) is 6.54 Å². The third kappa shape index (κ3) is 5.95. The average molecular weight is 287 g/mol. The van der Waals surface area contributed by atoms with Crippen LogP contribution in [0.3, 0.4) is 0 Å². The summed E-state index contributed by atoms with van der Waals surface area (Å²) in [7, 11) is 0. The van der Waals surface area contributed by atoms with Crippen molar-refractivity contribution in [3.63, 3.8) is 0 Å². The Balaban J connectivity index is 2.59. The summed E-state index contributed by atoms with van der Waals surface area (Å²) in [5, 5.41) is 3.40. The first-order valence-corrected chi connectivity index (χ1v) is 6.97. The van der Waals surface area contributed by atoms with Gasteiger partial charge in [0.05, 0.1) is 5.56 Å². The molecule has 114 valence electrons. The van der Waals surface area contributed by atoms with Crippen LogP contribution in [0.1, 0.15) is 38.8 Å². The Labute approximate surface area is 119 Å². The van der Waals surface area contributed by atoms with E-state index in [2.05, 4.69) is 33.0 Å². The second kappa shape index (κ2) is 6.61. The van der Waals surface area contributed by atoms with Gasteiger partial charge in [0.25, 0.3) is 0 Å². The van der Waals surface area contributed by atoms with Crippen molar-refractivity contribution in [1.82, 2.24) is 5.32 Å². The van der Waals surface area contributed by atoms with E-state index in [-0.39, 0.29) is 5.41 Å². The van der Waals surface area contributed by atoms with Gasteiger partial charge in [0.15, 0.2) is 0 Å². The third-order valence-electron chi connectivity index (χ3n) is 3.12. The lowest BCUT2D eigenvalue weighted by atomic mass is 9.85. The molecule has 0 heterocycles. The van der Waals surface area contributed by atoms with Crippen LogP contribution in [-0.4, -0.2) is 13.1 Å². The molecule has 1 aromatic rings. The number of alkyl halides is 3. The van der Waals surface area contributed by atoms with Crippen LogP contribution < -0.4 is 5.32 Å². The fraction of sp³-hybridized carbons (Fsp3) is 0.625. The van der Waals surface area contributed by atoms with Gasteiger partial charge < -0.3 is 5.32 Å². The zero-order valence-corrected chi connectivity index (χ0v) is 12.6. The van der Waals surface area contributed by atoms with Crippen LogP contribution in [0.2, 0.25) is 0 Å². The highest BCUT2D eigenvalue weighted by Crippen LogP contribution is 2.30. The van der Waals surface area contributed by atoms with Crippen molar-refractivity contribution >= 4 is 0 Å². The molecule has 4 heteroatoms. The van der Waals surface area contributed by atoms with Gasteiger partial charge in [-0.05, 0) is 42.0 Å². The van der Waals surface area contributed by atoms with Gasteiger partial charge in [0.1, 0.15) is 0 Å². The summed E-state index contributed by atoms with van der Waals surface area (Å²) in [5.74, 6) is 0.594. The van der Waals surface area contributed by atoms with Crippen LogP contribution in [0.5, 0.6) is 0 Å². The van der Waals surface area contributed by atoms with E-state index in [9.17, 15) is 13.2 Å². The van der Waals surface area contributed by atoms with E-state index in [1.54, 1.807) is 12.1 Å². The molecule has 20 heavy (non-hydrogen) atoms. The Hall–Kier alpha value is -1.03. The van der Waals surface area contributed by atoms with E-state index < -0.39 is 11.7 Å². The van der Waals surface area contributed by atoms with Crippen LogP contribution in [0.25, 0.3) is 0 Å². The molecule has 0 aliphatic heterocycles. The van der Waals surface area contributed by atoms with Crippen molar-refractivity contribution in [2.24, 2.45) is 11.3 Å². The van der Waals surface area contributed by atoms with Crippen LogP contribution in [0, 0.1) is 11.3 Å². The van der Waals surface area contributed by atoms with E-state index >= 15 is 0 Å². The van der Waals surface area contributed by atoms with Gasteiger partial charge in [-0.25, -0.2) is 0 Å². The van der Waals surface area contributed by atoms with E-state index in [1.807, 2.05) is 0 Å². The second-order valence-corrected chi connectivity index (χ2v) is 6.56. The fourth-order valence-electron chi connectivity index (χ4n) is 2.13. The number of rotatable bonds is 6. The fourth-order valence-corrected chi connectivity index (χ4v) is 2.13. The van der Waals surface area contributed by atoms with Crippen molar-refractivity contribution in [2.75, 3.05) is 13.1 Å². The van der Waals surface area contributed by atoms with Gasteiger partial charge in [-0.3, -0.25) is 0 Å². The first-order chi connectivity index (χ1) is 9.10. The van der Waals surface area contributed by atoms with Gasteiger partial charge in [-0.15, -0.1) is 0 Å². The SMILES string of the molecule is CC(C)CNCC(C)(C)Cc1ccc(C(F)(F)F)cc1. The molecule has 0 aliphatic rings. The van der Waals surface area contributed by atoms with Crippen molar-refractivity contribution < 1.29 is 13.2 Å². The highest BCUT2D eigenvalue weighted by atomic mass is 19.4. The molecule has 0 atom stereocenters. The molecule has 0 aromatic heterocycles. The van der Waals surface area contributed by atoms with Gasteiger partial charge in [0.2, 0.25) is 0 Å². The van der Waals surface area contributed by atoms with E-state index in [0.717, 1.165) is 37.2 Å². The summed E-state index contributed by atoms with van der Waals surface area (Å²) in [6, 6.07) is 5.47. The van der Waals surface area contributed by atoms with Crippen LogP contribution in [-0.2, 0) is 12.6 Å². The van der Waals surface area contributed by atoms with Crippen LogP contribution in [0.15, 0.2) is 24.3 Å². The highest BCUT2D eigenvalue weighted by molar-refractivity contribution is 5.25. The number of hydrogen-bond donors (Lipinski definition) is 1. The third-order valence-corrected chi connectivity index (χ3v) is 3.12. The quantitative estimate of drug-likeness (QED) is 0.811. The molecule has 1 nitrogen and oxygen atoms in total. The summed E-state index contributed by atoms with van der Waals surface area (Å²) >= 11 is 0. The minimum Gasteiger partial charge on any atom is -0.316 e. The number of nitrogens with one attached hydrogen (secondary N) is 1. The van der Waals surface area contributed by atoms with E-state index in [0.29, 0.717) is 5.92 Å². The monoisotopic (exact) mass is 287 g/mol. The standard InChI is InChI=1S/C16H24F3N/c1-12(2)10-20-11-15(3,4)9-13-5-7-14(8-6-13)16(17,18)19/h5-8,12,20H,9-11H2,1-4H3. The summed E-state index contributed by atoms with van der Waals surface area (Å²) in [4.78, 5) is 0. The molecular weight excluding hydrogens is 263 g/mol. The molecule has 0 saturated carbocycles. The maximum absolute atomic E-state index is 12.5. The molecular formula is C16H24F3N. The minimum absolute atomic E-state index is 0.0225. The Kier molecular flexibility index (Phi) is 5.63. The Morgan fingerprint density at radius 3 is 2.05 bits per heavy atom. The van der Waals surface area contributed by atoms with Crippen molar-refractivity contribution in [1.29, 1.82) is 0 Å². The molecule has 0 fully saturated rings. The molecule has 0 aliphatic carbocycles. The molecule has 1 N–H and O–H groups in total. The van der Waals surface area contributed by atoms with Crippen molar-refractivity contribution in [3.05, 3.63) is 35.4 Å². The molecule has 0 spiro atoms. The van der Waals surface area contributed by atoms with Crippen molar-refractivity contribution in [2.45, 2.75) is 40.3 Å². The highest BCUT2D eigenvalue weighted by Gasteiger charge is 2.30. The Morgan fingerprint density at radius 2 is 1.60 bits per heavy atom. The molecule has 0 amide bonds. The maximum atomic E-state index is 12.5. The van der Waals surface area contributed by atoms with Crippen molar-refractivity contribution in [3.8, 4) is 0 Å². The summed E-state index contributed by atoms with van der Waals surface area (Å²) < 4.78 is 37.5. The van der Waals surface area contributed by atoms with Gasteiger partial charge in [-0.2, -0.15) is 13.2 Å². The lowest BCUT2D eigenvalue weighted by molar-refractivity contribution is -0.137. The zero-order valence-electron chi connectivity index (χ0n) is 12.6. The van der Waals surface area contributed by atoms with Crippen LogP contribution >= 0.6 is 0 Å². The molecule has 1 rings (SSSR count). The van der Waals surface area contributed by atoms with Gasteiger partial charge >= 0.3 is 6.18 Å². The number of benzene rings is 1. The van der Waals surface area contributed by atoms with E-state index in [4.69, 9.17) is 0 Å². The molecule has 1 aromatic carbocycles. The predicted octanol–water partition coefficient (Wildman–Crippen LogP) is 4.52. The summed E-state index contributed by atoms with van der Waals surface area (Å²) in [6.45, 7) is 10.4. The largest absolute Gasteiger partial charge is 0.416 e. The van der Waals surface area contributed by atoms with Gasteiger partial charge in [-0.1, -0.05) is 39.8 Å². The Bertz CT molecular complexity index is 405. The maximum Gasteiger partial charge on any atom is 0.416 e. The molecule has 0 unspecified atom stereocenters. The minimum atomic E-state index is -4.26. The lowest BCUT2D eigenvalue weighted by Crippen LogP contribution is -2.33. The summed E-state index contributed by atoms with van der Waals surface area (Å²) in [6.07, 6.45) is -3.50. The number of hydrogen-bond acceptors (Lipinski definition) is 1. The molecule has 0 radical (unpaired) electrons. The topological polar surface area (TPSA) is 12.0 Å². The zero-order chi connectivity index (χ0) is 15.4. The Morgan fingerprint density at radius 1 is 1.05 bits per heavy atom.